The highest BCUT2D eigenvalue weighted by molar-refractivity contribution is 5.83. The molecule has 1 fully saturated rings. The summed E-state index contributed by atoms with van der Waals surface area (Å²) in [6.07, 6.45) is 5.91. The van der Waals surface area contributed by atoms with Gasteiger partial charge in [-0.15, -0.1) is 0 Å². The zero-order chi connectivity index (χ0) is 14.1. The van der Waals surface area contributed by atoms with E-state index in [4.69, 9.17) is 0 Å². The van der Waals surface area contributed by atoms with E-state index in [0.29, 0.717) is 32.6 Å². The Morgan fingerprint density at radius 3 is 2.90 bits per heavy atom. The van der Waals surface area contributed by atoms with E-state index in [-0.39, 0.29) is 6.03 Å². The number of likely N-dealkylation sites (tertiary alicyclic amines) is 1. The van der Waals surface area contributed by atoms with Gasteiger partial charge in [0.15, 0.2) is 0 Å². The standard InChI is InChI=1S/C13H18N4O3/c18-12(19)10-3-1-2-5-17(10)13(20)16-8-7-15-6-4-14-11(15)9-16/h4,6,10H,1-3,5,7-9H2,(H,18,19). The lowest BCUT2D eigenvalue weighted by atomic mass is 10.0. The molecule has 3 rings (SSSR count). The Labute approximate surface area is 116 Å². The number of aliphatic carboxylic acids is 1. The summed E-state index contributed by atoms with van der Waals surface area (Å²) in [6.45, 7) is 2.30. The molecule has 0 aliphatic carbocycles. The zero-order valence-corrected chi connectivity index (χ0v) is 11.2. The third-order valence-electron chi connectivity index (χ3n) is 4.05. The highest BCUT2D eigenvalue weighted by Gasteiger charge is 2.35. The lowest BCUT2D eigenvalue weighted by Gasteiger charge is -2.38. The summed E-state index contributed by atoms with van der Waals surface area (Å²) in [4.78, 5) is 31.3. The van der Waals surface area contributed by atoms with Gasteiger partial charge in [-0.2, -0.15) is 0 Å². The van der Waals surface area contributed by atoms with Gasteiger partial charge in [-0.05, 0) is 19.3 Å². The van der Waals surface area contributed by atoms with Crippen LogP contribution in [0.5, 0.6) is 0 Å². The Bertz CT molecular complexity index is 527. The van der Waals surface area contributed by atoms with Crippen molar-refractivity contribution in [1.29, 1.82) is 0 Å². The maximum atomic E-state index is 12.6. The van der Waals surface area contributed by atoms with Crippen molar-refractivity contribution in [2.45, 2.75) is 38.4 Å². The Morgan fingerprint density at radius 2 is 2.10 bits per heavy atom. The summed E-state index contributed by atoms with van der Waals surface area (Å²) in [5.74, 6) is -0.0509. The van der Waals surface area contributed by atoms with Crippen LogP contribution in [0.15, 0.2) is 12.4 Å². The summed E-state index contributed by atoms with van der Waals surface area (Å²) >= 11 is 0. The lowest BCUT2D eigenvalue weighted by molar-refractivity contribution is -0.143. The van der Waals surface area contributed by atoms with Gasteiger partial charge >= 0.3 is 12.0 Å². The molecule has 1 atom stereocenters. The van der Waals surface area contributed by atoms with Crippen molar-refractivity contribution >= 4 is 12.0 Å². The van der Waals surface area contributed by atoms with E-state index in [9.17, 15) is 14.7 Å². The Hall–Kier alpha value is -2.05. The molecule has 0 spiro atoms. The molecule has 2 amide bonds. The number of aromatic nitrogens is 2. The van der Waals surface area contributed by atoms with E-state index in [1.807, 2.05) is 10.8 Å². The number of carboxylic acids is 1. The molecule has 1 aromatic heterocycles. The second-order valence-electron chi connectivity index (χ2n) is 5.28. The number of imidazole rings is 1. The minimum absolute atomic E-state index is 0.175. The van der Waals surface area contributed by atoms with Crippen molar-refractivity contribution in [1.82, 2.24) is 19.4 Å². The normalized spacial score (nSPS) is 22.5. The van der Waals surface area contributed by atoms with Gasteiger partial charge in [0.2, 0.25) is 0 Å². The molecule has 1 N–H and O–H groups in total. The molecule has 3 heterocycles. The smallest absolute Gasteiger partial charge is 0.326 e. The van der Waals surface area contributed by atoms with Crippen LogP contribution < -0.4 is 0 Å². The van der Waals surface area contributed by atoms with Crippen LogP contribution in [0.3, 0.4) is 0 Å². The molecule has 1 saturated heterocycles. The molecule has 1 unspecified atom stereocenters. The molecule has 2 aliphatic rings. The molecule has 108 valence electrons. The van der Waals surface area contributed by atoms with Crippen molar-refractivity contribution in [3.05, 3.63) is 18.2 Å². The SMILES string of the molecule is O=C(O)C1CCCCN1C(=O)N1CCn2ccnc2C1. The highest BCUT2D eigenvalue weighted by atomic mass is 16.4. The first-order valence-corrected chi connectivity index (χ1v) is 6.95. The van der Waals surface area contributed by atoms with Crippen LogP contribution in [-0.4, -0.2) is 55.6 Å². The lowest BCUT2D eigenvalue weighted by Crippen LogP contribution is -2.54. The average molecular weight is 278 g/mol. The fourth-order valence-electron chi connectivity index (χ4n) is 2.94. The van der Waals surface area contributed by atoms with E-state index >= 15 is 0 Å². The van der Waals surface area contributed by atoms with Crippen molar-refractivity contribution in [2.24, 2.45) is 0 Å². The van der Waals surface area contributed by atoms with Crippen molar-refractivity contribution in [3.8, 4) is 0 Å². The van der Waals surface area contributed by atoms with Crippen LogP contribution in [0.4, 0.5) is 4.79 Å². The van der Waals surface area contributed by atoms with Gasteiger partial charge < -0.3 is 19.5 Å². The number of fused-ring (bicyclic) bond motifs is 1. The molecule has 1 aromatic rings. The number of nitrogens with zero attached hydrogens (tertiary/aromatic N) is 4. The second kappa shape index (κ2) is 5.15. The van der Waals surface area contributed by atoms with Gasteiger partial charge in [-0.1, -0.05) is 0 Å². The van der Waals surface area contributed by atoms with Gasteiger partial charge in [0, 0.05) is 32.0 Å². The molecular weight excluding hydrogens is 260 g/mol. The van der Waals surface area contributed by atoms with E-state index in [0.717, 1.165) is 18.7 Å². The first kappa shape index (κ1) is 13.0. The third kappa shape index (κ3) is 2.23. The molecule has 0 bridgehead atoms. The predicted molar refractivity (Wildman–Crippen MR) is 70.0 cm³/mol. The first-order valence-electron chi connectivity index (χ1n) is 6.95. The van der Waals surface area contributed by atoms with Crippen molar-refractivity contribution in [2.75, 3.05) is 13.1 Å². The number of carbonyl (C=O) groups is 2. The molecule has 0 aromatic carbocycles. The van der Waals surface area contributed by atoms with Crippen molar-refractivity contribution < 1.29 is 14.7 Å². The number of rotatable bonds is 1. The molecule has 20 heavy (non-hydrogen) atoms. The average Bonchev–Trinajstić information content (AvgIpc) is 2.93. The Morgan fingerprint density at radius 1 is 1.25 bits per heavy atom. The quantitative estimate of drug-likeness (QED) is 0.822. The van der Waals surface area contributed by atoms with Crippen LogP contribution in [0.2, 0.25) is 0 Å². The van der Waals surface area contributed by atoms with Gasteiger partial charge in [0.05, 0.1) is 6.54 Å². The molecule has 0 radical (unpaired) electrons. The van der Waals surface area contributed by atoms with Crippen molar-refractivity contribution in [3.63, 3.8) is 0 Å². The fourth-order valence-corrected chi connectivity index (χ4v) is 2.94. The zero-order valence-electron chi connectivity index (χ0n) is 11.2. The number of hydrogen-bond acceptors (Lipinski definition) is 3. The summed E-state index contributed by atoms with van der Waals surface area (Å²) in [5, 5.41) is 9.25. The van der Waals surface area contributed by atoms with Crippen LogP contribution in [0.25, 0.3) is 0 Å². The van der Waals surface area contributed by atoms with E-state index < -0.39 is 12.0 Å². The van der Waals surface area contributed by atoms with Gasteiger partial charge in [-0.3, -0.25) is 0 Å². The predicted octanol–water partition coefficient (Wildman–Crippen LogP) is 0.758. The van der Waals surface area contributed by atoms with Gasteiger partial charge in [-0.25, -0.2) is 14.6 Å². The molecule has 7 heteroatoms. The molecule has 2 aliphatic heterocycles. The van der Waals surface area contributed by atoms with Crippen LogP contribution in [0, 0.1) is 0 Å². The maximum absolute atomic E-state index is 12.6. The Balaban J connectivity index is 1.73. The number of urea groups is 1. The Kier molecular flexibility index (Phi) is 3.33. The largest absolute Gasteiger partial charge is 0.480 e. The number of piperidine rings is 1. The molecule has 0 saturated carbocycles. The van der Waals surface area contributed by atoms with Crippen LogP contribution >= 0.6 is 0 Å². The first-order chi connectivity index (χ1) is 9.66. The third-order valence-corrected chi connectivity index (χ3v) is 4.05. The monoisotopic (exact) mass is 278 g/mol. The number of carboxylic acid groups (broad SMARTS) is 1. The van der Waals surface area contributed by atoms with Crippen LogP contribution in [0.1, 0.15) is 25.1 Å². The maximum Gasteiger partial charge on any atom is 0.326 e. The topological polar surface area (TPSA) is 78.7 Å². The van der Waals surface area contributed by atoms with E-state index in [2.05, 4.69) is 4.98 Å². The number of hydrogen-bond donors (Lipinski definition) is 1. The minimum atomic E-state index is -0.906. The summed E-state index contributed by atoms with van der Waals surface area (Å²) in [6, 6.07) is -0.857. The number of carbonyl (C=O) groups excluding carboxylic acids is 1. The minimum Gasteiger partial charge on any atom is -0.480 e. The summed E-state index contributed by atoms with van der Waals surface area (Å²) in [7, 11) is 0. The number of amides is 2. The van der Waals surface area contributed by atoms with Gasteiger partial charge in [0.25, 0.3) is 0 Å². The second-order valence-corrected chi connectivity index (χ2v) is 5.28. The summed E-state index contributed by atoms with van der Waals surface area (Å²) in [5.41, 5.74) is 0. The summed E-state index contributed by atoms with van der Waals surface area (Å²) < 4.78 is 2.02. The van der Waals surface area contributed by atoms with Gasteiger partial charge in [0.1, 0.15) is 11.9 Å². The van der Waals surface area contributed by atoms with E-state index in [1.165, 1.54) is 4.90 Å². The molecule has 7 nitrogen and oxygen atoms in total. The highest BCUT2D eigenvalue weighted by Crippen LogP contribution is 2.21. The van der Waals surface area contributed by atoms with E-state index in [1.54, 1.807) is 11.1 Å². The fraction of sp³-hybridized carbons (Fsp3) is 0.615. The molecular formula is C13H18N4O3. The van der Waals surface area contributed by atoms with Crippen LogP contribution in [-0.2, 0) is 17.9 Å².